The molecule has 4 rings (SSSR count). The molecule has 1 aliphatic heterocycles. The van der Waals surface area contributed by atoms with Gasteiger partial charge in [0.2, 0.25) is 15.9 Å². The van der Waals surface area contributed by atoms with Gasteiger partial charge in [0.1, 0.15) is 12.1 Å². The number of benzene rings is 2. The molecule has 34 heavy (non-hydrogen) atoms. The Bertz CT molecular complexity index is 1220. The lowest BCUT2D eigenvalue weighted by atomic mass is 10.1. The first kappa shape index (κ1) is 27.6. The van der Waals surface area contributed by atoms with Crippen LogP contribution in [0.15, 0.2) is 54.9 Å². The van der Waals surface area contributed by atoms with Crippen LogP contribution in [0.1, 0.15) is 5.56 Å². The van der Waals surface area contributed by atoms with E-state index in [-0.39, 0.29) is 30.7 Å². The predicted molar refractivity (Wildman–Crippen MR) is 139 cm³/mol. The van der Waals surface area contributed by atoms with Crippen LogP contribution in [0.3, 0.4) is 0 Å². The number of hydrogen-bond donors (Lipinski definition) is 2. The molecule has 12 heteroatoms. The highest BCUT2D eigenvalue weighted by Gasteiger charge is 2.26. The fourth-order valence-corrected chi connectivity index (χ4v) is 4.46. The third kappa shape index (κ3) is 6.69. The minimum absolute atomic E-state index is 0. The number of anilines is 2. The topological polar surface area (TPSA) is 122 Å². The van der Waals surface area contributed by atoms with E-state index in [1.807, 2.05) is 30.3 Å². The van der Waals surface area contributed by atoms with Crippen LogP contribution >= 0.6 is 24.8 Å². The summed E-state index contributed by atoms with van der Waals surface area (Å²) >= 11 is 0. The summed E-state index contributed by atoms with van der Waals surface area (Å²) in [5, 5.41) is 0.752. The standard InChI is InChI=1S/C22H26N6O3S.2ClH/c1-32(30,31)26-17-7-8-20-18(14-17)21(25-15-24-20)27-9-11-28(12-10-27)22(29)19(23)13-16-5-3-2-4-6-16;;/h2-8,14-15,19,26H,9-13,23H2,1H3;2*1H/t19-;;/m1../s1. The van der Waals surface area contributed by atoms with Gasteiger partial charge in [-0.3, -0.25) is 9.52 Å². The minimum atomic E-state index is -3.39. The SMILES string of the molecule is CS(=O)(=O)Nc1ccc2ncnc(N3CCN(C(=O)[C@H](N)Cc4ccccc4)CC3)c2c1.Cl.Cl. The molecule has 0 unspecified atom stereocenters. The maximum atomic E-state index is 12.8. The molecule has 184 valence electrons. The van der Waals surface area contributed by atoms with Gasteiger partial charge in [-0.2, -0.15) is 0 Å². The molecule has 2 heterocycles. The van der Waals surface area contributed by atoms with Crippen molar-refractivity contribution >= 4 is 63.2 Å². The molecule has 0 aliphatic carbocycles. The number of carbonyl (C=O) groups excluding carboxylic acids is 1. The van der Waals surface area contributed by atoms with Crippen molar-refractivity contribution in [2.24, 2.45) is 5.73 Å². The van der Waals surface area contributed by atoms with E-state index in [1.54, 1.807) is 23.1 Å². The van der Waals surface area contributed by atoms with E-state index in [0.717, 1.165) is 22.7 Å². The average molecular weight is 527 g/mol. The molecule has 0 bridgehead atoms. The van der Waals surface area contributed by atoms with Crippen LogP contribution in [0.5, 0.6) is 0 Å². The number of nitrogens with one attached hydrogen (secondary N) is 1. The fraction of sp³-hybridized carbons (Fsp3) is 0.318. The summed E-state index contributed by atoms with van der Waals surface area (Å²) in [5.74, 6) is 0.661. The Kier molecular flexibility index (Phi) is 9.45. The van der Waals surface area contributed by atoms with Crippen molar-refractivity contribution in [3.8, 4) is 0 Å². The van der Waals surface area contributed by atoms with Gasteiger partial charge in [0, 0.05) is 37.3 Å². The molecule has 1 saturated heterocycles. The van der Waals surface area contributed by atoms with Gasteiger partial charge < -0.3 is 15.5 Å². The van der Waals surface area contributed by atoms with E-state index in [4.69, 9.17) is 5.73 Å². The van der Waals surface area contributed by atoms with Crippen molar-refractivity contribution in [3.05, 3.63) is 60.4 Å². The molecule has 0 radical (unpaired) electrons. The second-order valence-electron chi connectivity index (χ2n) is 7.91. The van der Waals surface area contributed by atoms with Crippen molar-refractivity contribution in [2.45, 2.75) is 12.5 Å². The Labute approximate surface area is 211 Å². The van der Waals surface area contributed by atoms with Gasteiger partial charge in [-0.25, -0.2) is 18.4 Å². The largest absolute Gasteiger partial charge is 0.352 e. The number of rotatable bonds is 6. The number of nitrogens with two attached hydrogens (primary N) is 1. The Morgan fingerprint density at radius 2 is 1.74 bits per heavy atom. The van der Waals surface area contributed by atoms with Gasteiger partial charge in [0.15, 0.2) is 0 Å². The molecule has 3 N–H and O–H groups in total. The summed E-state index contributed by atoms with van der Waals surface area (Å²) in [7, 11) is -3.39. The number of piperazine rings is 1. The molecule has 1 fully saturated rings. The van der Waals surface area contributed by atoms with Gasteiger partial charge >= 0.3 is 0 Å². The molecule has 1 atom stereocenters. The summed E-state index contributed by atoms with van der Waals surface area (Å²) in [6.07, 6.45) is 3.11. The number of nitrogens with zero attached hydrogens (tertiary/aromatic N) is 4. The van der Waals surface area contributed by atoms with Crippen LogP contribution in [-0.4, -0.2) is 67.7 Å². The van der Waals surface area contributed by atoms with E-state index in [9.17, 15) is 13.2 Å². The van der Waals surface area contributed by atoms with Crippen LogP contribution in [0.4, 0.5) is 11.5 Å². The van der Waals surface area contributed by atoms with Crippen molar-refractivity contribution in [1.82, 2.24) is 14.9 Å². The Morgan fingerprint density at radius 1 is 1.06 bits per heavy atom. The first-order valence-electron chi connectivity index (χ1n) is 10.4. The average Bonchev–Trinajstić information content (AvgIpc) is 2.78. The highest BCUT2D eigenvalue weighted by atomic mass is 35.5. The van der Waals surface area contributed by atoms with E-state index >= 15 is 0 Å². The lowest BCUT2D eigenvalue weighted by Crippen LogP contribution is -2.53. The summed E-state index contributed by atoms with van der Waals surface area (Å²) < 4.78 is 25.7. The van der Waals surface area contributed by atoms with Crippen LogP contribution in [0, 0.1) is 0 Å². The maximum absolute atomic E-state index is 12.8. The normalized spacial score (nSPS) is 14.6. The molecule has 9 nitrogen and oxygen atoms in total. The molecule has 1 aliphatic rings. The second-order valence-corrected chi connectivity index (χ2v) is 9.66. The quantitative estimate of drug-likeness (QED) is 0.503. The van der Waals surface area contributed by atoms with Gasteiger partial charge in [0.05, 0.1) is 17.8 Å². The van der Waals surface area contributed by atoms with Crippen molar-refractivity contribution in [1.29, 1.82) is 0 Å². The summed E-state index contributed by atoms with van der Waals surface area (Å²) in [5.41, 5.74) is 8.40. The summed E-state index contributed by atoms with van der Waals surface area (Å²) in [6, 6.07) is 14.3. The predicted octanol–water partition coefficient (Wildman–Crippen LogP) is 2.06. The van der Waals surface area contributed by atoms with E-state index in [1.165, 1.54) is 6.33 Å². The lowest BCUT2D eigenvalue weighted by molar-refractivity contribution is -0.132. The lowest BCUT2D eigenvalue weighted by Gasteiger charge is -2.36. The molecular weight excluding hydrogens is 499 g/mol. The van der Waals surface area contributed by atoms with E-state index < -0.39 is 16.1 Å². The van der Waals surface area contributed by atoms with Gasteiger partial charge in [-0.1, -0.05) is 30.3 Å². The minimum Gasteiger partial charge on any atom is -0.352 e. The number of hydrogen-bond acceptors (Lipinski definition) is 7. The number of carbonyl (C=O) groups is 1. The van der Waals surface area contributed by atoms with Crippen LogP contribution in [0.25, 0.3) is 10.9 Å². The highest BCUT2D eigenvalue weighted by Crippen LogP contribution is 2.27. The first-order chi connectivity index (χ1) is 15.3. The third-order valence-electron chi connectivity index (χ3n) is 5.42. The number of fused-ring (bicyclic) bond motifs is 1. The molecular formula is C22H28Cl2N6O3S. The Hall–Kier alpha value is -2.66. The molecule has 3 aromatic rings. The fourth-order valence-electron chi connectivity index (χ4n) is 3.90. The van der Waals surface area contributed by atoms with Crippen molar-refractivity contribution in [2.75, 3.05) is 42.1 Å². The van der Waals surface area contributed by atoms with Crippen molar-refractivity contribution < 1.29 is 13.2 Å². The Morgan fingerprint density at radius 3 is 2.38 bits per heavy atom. The van der Waals surface area contributed by atoms with Crippen LogP contribution in [-0.2, 0) is 21.2 Å². The smallest absolute Gasteiger partial charge is 0.239 e. The summed E-state index contributed by atoms with van der Waals surface area (Å²) in [6.45, 7) is 2.27. The summed E-state index contributed by atoms with van der Waals surface area (Å²) in [4.78, 5) is 25.4. The molecule has 2 aromatic carbocycles. The van der Waals surface area contributed by atoms with Crippen LogP contribution < -0.4 is 15.4 Å². The van der Waals surface area contributed by atoms with E-state index in [0.29, 0.717) is 44.1 Å². The molecule has 1 amide bonds. The zero-order chi connectivity index (χ0) is 22.7. The zero-order valence-corrected chi connectivity index (χ0v) is 21.1. The molecule has 0 saturated carbocycles. The van der Waals surface area contributed by atoms with Crippen LogP contribution in [0.2, 0.25) is 0 Å². The number of sulfonamides is 1. The monoisotopic (exact) mass is 526 g/mol. The second kappa shape index (κ2) is 11.7. The maximum Gasteiger partial charge on any atom is 0.239 e. The Balaban J connectivity index is 0.00000204. The number of aromatic nitrogens is 2. The van der Waals surface area contributed by atoms with Gasteiger partial charge in [-0.15, -0.1) is 24.8 Å². The highest BCUT2D eigenvalue weighted by molar-refractivity contribution is 7.92. The first-order valence-corrected chi connectivity index (χ1v) is 12.2. The molecule has 0 spiro atoms. The number of amides is 1. The van der Waals surface area contributed by atoms with Gasteiger partial charge in [-0.05, 0) is 30.2 Å². The van der Waals surface area contributed by atoms with Crippen molar-refractivity contribution in [3.63, 3.8) is 0 Å². The van der Waals surface area contributed by atoms with Gasteiger partial charge in [0.25, 0.3) is 0 Å². The van der Waals surface area contributed by atoms with E-state index in [2.05, 4.69) is 19.6 Å². The number of halogens is 2. The third-order valence-corrected chi connectivity index (χ3v) is 6.03. The molecule has 1 aromatic heterocycles. The zero-order valence-electron chi connectivity index (χ0n) is 18.6.